The number of methoxy groups -OCH3 is 2. The number of piperidine rings is 1. The lowest BCUT2D eigenvalue weighted by atomic mass is 10.0. The van der Waals surface area contributed by atoms with E-state index in [0.717, 1.165) is 25.8 Å². The molecule has 0 bridgehead atoms. The summed E-state index contributed by atoms with van der Waals surface area (Å²) in [6, 6.07) is 4.42. The van der Waals surface area contributed by atoms with Gasteiger partial charge in [0.25, 0.3) is 5.91 Å². The van der Waals surface area contributed by atoms with Crippen LogP contribution < -0.4 is 4.74 Å². The van der Waals surface area contributed by atoms with Gasteiger partial charge in [-0.1, -0.05) is 0 Å². The summed E-state index contributed by atoms with van der Waals surface area (Å²) in [6.07, 6.45) is 3.09. The molecule has 1 amide bonds. The monoisotopic (exact) mass is 349 g/mol. The minimum atomic E-state index is -0.605. The van der Waals surface area contributed by atoms with Crippen LogP contribution in [0.3, 0.4) is 0 Å². The molecular weight excluding hydrogens is 326 g/mol. The van der Waals surface area contributed by atoms with Crippen molar-refractivity contribution in [2.24, 2.45) is 0 Å². The van der Waals surface area contributed by atoms with Crippen molar-refractivity contribution >= 4 is 17.8 Å². The average Bonchev–Trinajstić information content (AvgIpc) is 2.64. The second kappa shape index (κ2) is 8.50. The van der Waals surface area contributed by atoms with Crippen LogP contribution in [0, 0.1) is 0 Å². The van der Waals surface area contributed by atoms with Gasteiger partial charge in [-0.3, -0.25) is 4.79 Å². The summed E-state index contributed by atoms with van der Waals surface area (Å²) in [5.74, 6) is -1.09. The predicted molar refractivity (Wildman–Crippen MR) is 89.6 cm³/mol. The molecule has 7 heteroatoms. The van der Waals surface area contributed by atoms with Crippen molar-refractivity contribution < 1.29 is 28.6 Å². The highest BCUT2D eigenvalue weighted by atomic mass is 16.5. The third-order valence-electron chi connectivity index (χ3n) is 4.23. The zero-order valence-electron chi connectivity index (χ0n) is 14.7. The van der Waals surface area contributed by atoms with E-state index in [-0.39, 0.29) is 35.4 Å². The lowest BCUT2D eigenvalue weighted by Crippen LogP contribution is -2.44. The number of likely N-dealkylation sites (tertiary alicyclic amines) is 1. The molecule has 1 aromatic rings. The van der Waals surface area contributed by atoms with Gasteiger partial charge in [0.05, 0.1) is 25.3 Å². The van der Waals surface area contributed by atoms with Gasteiger partial charge in [0.2, 0.25) is 0 Å². The van der Waals surface area contributed by atoms with Gasteiger partial charge >= 0.3 is 11.9 Å². The zero-order valence-corrected chi connectivity index (χ0v) is 14.7. The van der Waals surface area contributed by atoms with Crippen LogP contribution >= 0.6 is 0 Å². The quantitative estimate of drug-likeness (QED) is 0.757. The maximum absolute atomic E-state index is 12.3. The number of ether oxygens (including phenoxy) is 3. The SMILES string of the molecule is COC(=O)c1cc(OCC(=O)N2CCCC[C@H]2C)cc(C(=O)OC)c1. The molecule has 0 unspecified atom stereocenters. The van der Waals surface area contributed by atoms with Crippen molar-refractivity contribution in [2.45, 2.75) is 32.2 Å². The van der Waals surface area contributed by atoms with E-state index < -0.39 is 11.9 Å². The highest BCUT2D eigenvalue weighted by molar-refractivity contribution is 5.96. The van der Waals surface area contributed by atoms with Crippen molar-refractivity contribution in [3.8, 4) is 5.75 Å². The zero-order chi connectivity index (χ0) is 18.4. The summed E-state index contributed by atoms with van der Waals surface area (Å²) in [5, 5.41) is 0. The third kappa shape index (κ3) is 4.71. The summed E-state index contributed by atoms with van der Waals surface area (Å²) in [4.78, 5) is 37.7. The van der Waals surface area contributed by atoms with Gasteiger partial charge in [-0.2, -0.15) is 0 Å². The number of nitrogens with zero attached hydrogens (tertiary/aromatic N) is 1. The lowest BCUT2D eigenvalue weighted by molar-refractivity contribution is -0.136. The first-order valence-corrected chi connectivity index (χ1v) is 8.20. The summed E-state index contributed by atoms with van der Waals surface area (Å²) < 4.78 is 14.9. The molecule has 0 radical (unpaired) electrons. The molecule has 2 rings (SSSR count). The number of hydrogen-bond acceptors (Lipinski definition) is 6. The molecule has 1 saturated heterocycles. The van der Waals surface area contributed by atoms with Crippen LogP contribution in [-0.2, 0) is 14.3 Å². The van der Waals surface area contributed by atoms with Crippen LogP contribution in [0.4, 0.5) is 0 Å². The Kier molecular flexibility index (Phi) is 6.38. The van der Waals surface area contributed by atoms with Gasteiger partial charge in [0, 0.05) is 12.6 Å². The molecule has 1 atom stereocenters. The molecular formula is C18H23NO6. The Bertz CT molecular complexity index is 623. The van der Waals surface area contributed by atoms with Crippen LogP contribution in [0.25, 0.3) is 0 Å². The number of hydrogen-bond donors (Lipinski definition) is 0. The number of carbonyl (C=O) groups is 3. The van der Waals surface area contributed by atoms with Crippen LogP contribution in [0.15, 0.2) is 18.2 Å². The standard InChI is InChI=1S/C18H23NO6/c1-12-6-4-5-7-19(12)16(20)11-25-15-9-13(17(21)23-2)8-14(10-15)18(22)24-3/h8-10,12H,4-7,11H2,1-3H3/t12-/m1/s1. The Labute approximate surface area is 146 Å². The van der Waals surface area contributed by atoms with Crippen molar-refractivity contribution in [3.63, 3.8) is 0 Å². The second-order valence-corrected chi connectivity index (χ2v) is 5.95. The molecule has 1 fully saturated rings. The smallest absolute Gasteiger partial charge is 0.338 e. The topological polar surface area (TPSA) is 82.1 Å². The van der Waals surface area contributed by atoms with E-state index in [1.165, 1.54) is 32.4 Å². The van der Waals surface area contributed by atoms with E-state index in [4.69, 9.17) is 4.74 Å². The predicted octanol–water partition coefficient (Wildman–Crippen LogP) is 2.04. The number of benzene rings is 1. The van der Waals surface area contributed by atoms with Crippen LogP contribution in [-0.4, -0.2) is 56.2 Å². The minimum Gasteiger partial charge on any atom is -0.484 e. The average molecular weight is 349 g/mol. The van der Waals surface area contributed by atoms with Crippen molar-refractivity contribution in [1.82, 2.24) is 4.90 Å². The molecule has 0 saturated carbocycles. The van der Waals surface area contributed by atoms with E-state index in [1.807, 2.05) is 6.92 Å². The van der Waals surface area contributed by atoms with Crippen LogP contribution in [0.1, 0.15) is 46.9 Å². The normalized spacial score (nSPS) is 16.9. The molecule has 0 N–H and O–H groups in total. The molecule has 0 aliphatic carbocycles. The fraction of sp³-hybridized carbons (Fsp3) is 0.500. The van der Waals surface area contributed by atoms with Gasteiger partial charge < -0.3 is 19.1 Å². The van der Waals surface area contributed by atoms with Gasteiger partial charge in [0.15, 0.2) is 6.61 Å². The summed E-state index contributed by atoms with van der Waals surface area (Å²) >= 11 is 0. The van der Waals surface area contributed by atoms with Crippen molar-refractivity contribution in [3.05, 3.63) is 29.3 Å². The largest absolute Gasteiger partial charge is 0.484 e. The molecule has 7 nitrogen and oxygen atoms in total. The molecule has 1 heterocycles. The van der Waals surface area contributed by atoms with E-state index >= 15 is 0 Å². The summed E-state index contributed by atoms with van der Waals surface area (Å²) in [6.45, 7) is 2.58. The molecule has 0 spiro atoms. The van der Waals surface area contributed by atoms with E-state index in [1.54, 1.807) is 4.90 Å². The maximum Gasteiger partial charge on any atom is 0.338 e. The summed E-state index contributed by atoms with van der Waals surface area (Å²) in [5.41, 5.74) is 0.304. The molecule has 0 aromatic heterocycles. The maximum atomic E-state index is 12.3. The first-order chi connectivity index (χ1) is 12.0. The Hall–Kier alpha value is -2.57. The van der Waals surface area contributed by atoms with Gasteiger partial charge in [0.1, 0.15) is 5.75 Å². The fourth-order valence-corrected chi connectivity index (χ4v) is 2.85. The molecule has 136 valence electrons. The Morgan fingerprint density at radius 3 is 2.16 bits per heavy atom. The first kappa shape index (κ1) is 18.8. The van der Waals surface area contributed by atoms with Gasteiger partial charge in [-0.25, -0.2) is 9.59 Å². The number of carbonyl (C=O) groups excluding carboxylic acids is 3. The molecule has 25 heavy (non-hydrogen) atoms. The Morgan fingerprint density at radius 2 is 1.64 bits per heavy atom. The van der Waals surface area contributed by atoms with Gasteiger partial charge in [-0.15, -0.1) is 0 Å². The highest BCUT2D eigenvalue weighted by Crippen LogP contribution is 2.20. The number of amides is 1. The van der Waals surface area contributed by atoms with Crippen LogP contribution in [0.2, 0.25) is 0 Å². The fourth-order valence-electron chi connectivity index (χ4n) is 2.85. The number of esters is 2. The number of rotatable bonds is 5. The Morgan fingerprint density at radius 1 is 1.04 bits per heavy atom. The van der Waals surface area contributed by atoms with Crippen molar-refractivity contribution in [1.29, 1.82) is 0 Å². The van der Waals surface area contributed by atoms with E-state index in [2.05, 4.69) is 9.47 Å². The second-order valence-electron chi connectivity index (χ2n) is 5.95. The molecule has 1 aliphatic rings. The van der Waals surface area contributed by atoms with Gasteiger partial charge in [-0.05, 0) is 44.4 Å². The molecule has 1 aliphatic heterocycles. The van der Waals surface area contributed by atoms with E-state index in [9.17, 15) is 14.4 Å². The third-order valence-corrected chi connectivity index (χ3v) is 4.23. The lowest BCUT2D eigenvalue weighted by Gasteiger charge is -2.33. The van der Waals surface area contributed by atoms with Crippen molar-refractivity contribution in [2.75, 3.05) is 27.4 Å². The first-order valence-electron chi connectivity index (χ1n) is 8.20. The Balaban J connectivity index is 2.13. The highest BCUT2D eigenvalue weighted by Gasteiger charge is 2.23. The van der Waals surface area contributed by atoms with E-state index in [0.29, 0.717) is 0 Å². The minimum absolute atomic E-state index is 0.115. The van der Waals surface area contributed by atoms with Crippen LogP contribution in [0.5, 0.6) is 5.75 Å². The molecule has 1 aromatic carbocycles. The summed E-state index contributed by atoms with van der Waals surface area (Å²) in [7, 11) is 2.49.